The number of benzene rings is 3. The Kier molecular flexibility index (Phi) is 8.32. The molecule has 3 aromatic carbocycles. The Labute approximate surface area is 258 Å². The zero-order chi connectivity index (χ0) is 31.7. The summed E-state index contributed by atoms with van der Waals surface area (Å²) in [6.07, 6.45) is -1.13. The number of halogens is 3. The van der Waals surface area contributed by atoms with Crippen molar-refractivity contribution < 1.29 is 32.2 Å². The first-order chi connectivity index (χ1) is 21.7. The number of nitrogens with two attached hydrogens (primary N) is 1. The molecule has 2 amide bonds. The number of methoxy groups -OCH3 is 2. The second-order valence-corrected chi connectivity index (χ2v) is 11.1. The topological polar surface area (TPSA) is 93.4 Å². The van der Waals surface area contributed by atoms with Crippen molar-refractivity contribution in [3.8, 4) is 23.0 Å². The van der Waals surface area contributed by atoms with Crippen molar-refractivity contribution in [1.82, 2.24) is 4.98 Å². The normalized spacial score (nSPS) is 16.3. The highest BCUT2D eigenvalue weighted by molar-refractivity contribution is 6.04. The van der Waals surface area contributed by atoms with Gasteiger partial charge in [0.25, 0.3) is 0 Å². The van der Waals surface area contributed by atoms with E-state index in [1.54, 1.807) is 78.7 Å². The molecule has 0 bridgehead atoms. The number of alkyl halides is 3. The number of hydrogen-bond donors (Lipinski definition) is 1. The van der Waals surface area contributed by atoms with Gasteiger partial charge in [-0.3, -0.25) is 14.8 Å². The molecule has 3 heterocycles. The summed E-state index contributed by atoms with van der Waals surface area (Å²) in [5.74, 6) is 2.07. The van der Waals surface area contributed by atoms with Gasteiger partial charge in [-0.15, -0.1) is 0 Å². The molecule has 1 aromatic heterocycles. The lowest BCUT2D eigenvalue weighted by Crippen LogP contribution is -2.49. The van der Waals surface area contributed by atoms with Crippen LogP contribution in [0.15, 0.2) is 66.9 Å². The minimum Gasteiger partial charge on any atom is -0.493 e. The lowest BCUT2D eigenvalue weighted by molar-refractivity contribution is -0.137. The number of pyridine rings is 1. The molecule has 12 heteroatoms. The summed E-state index contributed by atoms with van der Waals surface area (Å²) in [6, 6.07) is 16.1. The summed E-state index contributed by atoms with van der Waals surface area (Å²) in [5.41, 5.74) is 6.75. The van der Waals surface area contributed by atoms with E-state index in [2.05, 4.69) is 4.98 Å². The van der Waals surface area contributed by atoms with Crippen LogP contribution < -0.4 is 34.6 Å². The molecule has 6 rings (SSSR count). The molecule has 2 saturated heterocycles. The van der Waals surface area contributed by atoms with Gasteiger partial charge in [0.2, 0.25) is 0 Å². The number of hydrogen-bond acceptors (Lipinski definition) is 7. The summed E-state index contributed by atoms with van der Waals surface area (Å²) in [7, 11) is 3.10. The second kappa shape index (κ2) is 12.4. The summed E-state index contributed by atoms with van der Waals surface area (Å²) >= 11 is 0. The van der Waals surface area contributed by atoms with Crippen LogP contribution in [0.1, 0.15) is 24.8 Å². The van der Waals surface area contributed by atoms with E-state index in [4.69, 9.17) is 19.9 Å². The molecule has 2 fully saturated rings. The summed E-state index contributed by atoms with van der Waals surface area (Å²) in [5, 5.41) is 0.706. The molecule has 2 aliphatic heterocycles. The molecule has 0 radical (unpaired) electrons. The molecule has 4 aromatic rings. The first-order valence-corrected chi connectivity index (χ1v) is 14.8. The standard InChI is InChI=1S/C33H34F3N5O4/c1-43-30-19-25-27(20-31(30)44-2)38-12-9-29(25)45-24-6-3-5-22(17-24)40-13-4-14-41(32(40)42)23-7-8-28(26(18-23)33(34,35)36)39-15-10-21(37)11-16-39/h3,5-9,12,17-21H,4,10-11,13-16,37H2,1-2H3. The van der Waals surface area contributed by atoms with E-state index in [0.29, 0.717) is 85.0 Å². The van der Waals surface area contributed by atoms with Gasteiger partial charge in [0.05, 0.1) is 25.3 Å². The monoisotopic (exact) mass is 621 g/mol. The summed E-state index contributed by atoms with van der Waals surface area (Å²) < 4.78 is 59.9. The van der Waals surface area contributed by atoms with Crippen molar-refractivity contribution in [1.29, 1.82) is 0 Å². The third-order valence-corrected chi connectivity index (χ3v) is 8.27. The third kappa shape index (κ3) is 6.15. The van der Waals surface area contributed by atoms with E-state index in [9.17, 15) is 18.0 Å². The molecule has 0 saturated carbocycles. The van der Waals surface area contributed by atoms with Gasteiger partial charge >= 0.3 is 12.2 Å². The van der Waals surface area contributed by atoms with Crippen LogP contribution in [0, 0.1) is 0 Å². The number of ether oxygens (including phenoxy) is 3. The fraction of sp³-hybridized carbons (Fsp3) is 0.333. The number of anilines is 3. The van der Waals surface area contributed by atoms with Gasteiger partial charge in [0, 0.05) is 73.0 Å². The molecular weight excluding hydrogens is 587 g/mol. The largest absolute Gasteiger partial charge is 0.493 e. The average molecular weight is 622 g/mol. The fourth-order valence-corrected chi connectivity index (χ4v) is 5.92. The van der Waals surface area contributed by atoms with Gasteiger partial charge in [-0.25, -0.2) is 4.79 Å². The number of nitrogens with zero attached hydrogens (tertiary/aromatic N) is 4. The number of carbonyl (C=O) groups is 1. The molecule has 45 heavy (non-hydrogen) atoms. The zero-order valence-corrected chi connectivity index (χ0v) is 25.0. The molecule has 9 nitrogen and oxygen atoms in total. The first-order valence-electron chi connectivity index (χ1n) is 14.8. The number of urea groups is 1. The molecular formula is C33H34F3N5O4. The highest BCUT2D eigenvalue weighted by Gasteiger charge is 2.37. The van der Waals surface area contributed by atoms with E-state index >= 15 is 0 Å². The van der Waals surface area contributed by atoms with Crippen LogP contribution in [0.3, 0.4) is 0 Å². The quantitative estimate of drug-likeness (QED) is 0.242. The average Bonchev–Trinajstić information content (AvgIpc) is 3.04. The van der Waals surface area contributed by atoms with Crippen molar-refractivity contribution in [2.45, 2.75) is 31.5 Å². The van der Waals surface area contributed by atoms with E-state index in [-0.39, 0.29) is 17.4 Å². The number of piperidine rings is 1. The zero-order valence-electron chi connectivity index (χ0n) is 25.0. The summed E-state index contributed by atoms with van der Waals surface area (Å²) in [6.45, 7) is 1.62. The maximum atomic E-state index is 14.3. The fourth-order valence-electron chi connectivity index (χ4n) is 5.92. The van der Waals surface area contributed by atoms with Gasteiger partial charge in [-0.1, -0.05) is 6.07 Å². The van der Waals surface area contributed by atoms with E-state index < -0.39 is 17.8 Å². The van der Waals surface area contributed by atoms with Gasteiger partial charge in [0.15, 0.2) is 11.5 Å². The van der Waals surface area contributed by atoms with Gasteiger partial charge in [-0.05, 0) is 61.7 Å². The SMILES string of the molecule is COc1cc2nccc(Oc3cccc(N4CCCN(c5ccc(N6CCC(N)CC6)c(C(F)(F)F)c5)C4=O)c3)c2cc1OC. The van der Waals surface area contributed by atoms with Crippen molar-refractivity contribution in [3.63, 3.8) is 0 Å². The Morgan fingerprint density at radius 2 is 1.53 bits per heavy atom. The first kappa shape index (κ1) is 30.3. The van der Waals surface area contributed by atoms with E-state index in [1.807, 2.05) is 0 Å². The minimum absolute atomic E-state index is 0.00705. The molecule has 2 N–H and O–H groups in total. The van der Waals surface area contributed by atoms with Crippen LogP contribution in [0.4, 0.5) is 35.0 Å². The molecule has 2 aliphatic rings. The predicted octanol–water partition coefficient (Wildman–Crippen LogP) is 6.83. The van der Waals surface area contributed by atoms with Crippen LogP contribution in [-0.2, 0) is 6.18 Å². The van der Waals surface area contributed by atoms with Gasteiger partial charge in [-0.2, -0.15) is 13.2 Å². The Morgan fingerprint density at radius 3 is 2.22 bits per heavy atom. The van der Waals surface area contributed by atoms with Gasteiger partial charge < -0.3 is 24.8 Å². The molecule has 0 unspecified atom stereocenters. The van der Waals surface area contributed by atoms with Crippen molar-refractivity contribution in [3.05, 3.63) is 72.4 Å². The minimum atomic E-state index is -4.58. The van der Waals surface area contributed by atoms with Crippen molar-refractivity contribution in [2.24, 2.45) is 5.73 Å². The molecule has 236 valence electrons. The number of carbonyl (C=O) groups excluding carboxylic acids is 1. The lowest BCUT2D eigenvalue weighted by atomic mass is 10.0. The molecule has 0 aliphatic carbocycles. The Hall–Kier alpha value is -4.71. The lowest BCUT2D eigenvalue weighted by Gasteiger charge is -2.37. The second-order valence-electron chi connectivity index (χ2n) is 11.1. The van der Waals surface area contributed by atoms with Gasteiger partial charge in [0.1, 0.15) is 11.5 Å². The van der Waals surface area contributed by atoms with Crippen LogP contribution in [0.25, 0.3) is 10.9 Å². The predicted molar refractivity (Wildman–Crippen MR) is 167 cm³/mol. The summed E-state index contributed by atoms with van der Waals surface area (Å²) in [4.78, 5) is 22.9. The Bertz CT molecular complexity index is 1710. The Morgan fingerprint density at radius 1 is 0.844 bits per heavy atom. The third-order valence-electron chi connectivity index (χ3n) is 8.27. The van der Waals surface area contributed by atoms with Crippen LogP contribution in [-0.4, -0.2) is 57.5 Å². The maximum absolute atomic E-state index is 14.3. The van der Waals surface area contributed by atoms with Crippen molar-refractivity contribution in [2.75, 3.05) is 55.1 Å². The van der Waals surface area contributed by atoms with E-state index in [0.717, 1.165) is 6.07 Å². The Balaban J connectivity index is 1.26. The number of rotatable bonds is 7. The van der Waals surface area contributed by atoms with Crippen LogP contribution >= 0.6 is 0 Å². The van der Waals surface area contributed by atoms with E-state index in [1.165, 1.54) is 11.0 Å². The number of amides is 2. The molecule has 0 spiro atoms. The number of fused-ring (bicyclic) bond motifs is 1. The highest BCUT2D eigenvalue weighted by atomic mass is 19.4. The van der Waals surface area contributed by atoms with Crippen LogP contribution in [0.5, 0.6) is 23.0 Å². The maximum Gasteiger partial charge on any atom is 0.418 e. The number of aromatic nitrogens is 1. The highest BCUT2D eigenvalue weighted by Crippen LogP contribution is 2.41. The smallest absolute Gasteiger partial charge is 0.418 e. The molecule has 0 atom stereocenters. The van der Waals surface area contributed by atoms with Crippen molar-refractivity contribution >= 4 is 34.0 Å². The van der Waals surface area contributed by atoms with Crippen LogP contribution in [0.2, 0.25) is 0 Å².